The van der Waals surface area contributed by atoms with E-state index < -0.39 is 14.7 Å². The summed E-state index contributed by atoms with van der Waals surface area (Å²) in [6, 6.07) is 7.69. The lowest BCUT2D eigenvalue weighted by molar-refractivity contribution is -0.143. The first-order valence-corrected chi connectivity index (χ1v) is 9.91. The molecule has 0 amide bonds. The number of halogens is 1. The van der Waals surface area contributed by atoms with Gasteiger partial charge < -0.3 is 4.74 Å². The number of alkyl halides is 1. The van der Waals surface area contributed by atoms with E-state index in [1.807, 2.05) is 36.1 Å². The molecule has 122 valence electrons. The highest BCUT2D eigenvalue weighted by Gasteiger charge is 2.22. The molecule has 7 heteroatoms. The monoisotopic (exact) mass is 389 g/mol. The highest BCUT2D eigenvalue weighted by Crippen LogP contribution is 2.24. The van der Waals surface area contributed by atoms with Crippen molar-refractivity contribution in [3.8, 4) is 0 Å². The number of carbonyl (C=O) groups excluding carboxylic acids is 1. The van der Waals surface area contributed by atoms with Gasteiger partial charge in [0, 0.05) is 19.6 Å². The van der Waals surface area contributed by atoms with Gasteiger partial charge in [-0.25, -0.2) is 8.42 Å². The highest BCUT2D eigenvalue weighted by atomic mass is 79.9. The van der Waals surface area contributed by atoms with E-state index in [1.165, 1.54) is 0 Å². The van der Waals surface area contributed by atoms with Crippen LogP contribution in [0.3, 0.4) is 0 Å². The fourth-order valence-corrected chi connectivity index (χ4v) is 3.91. The molecule has 1 aliphatic rings. The summed E-state index contributed by atoms with van der Waals surface area (Å²) in [5.41, 5.74) is 2.00. The molecule has 1 saturated heterocycles. The van der Waals surface area contributed by atoms with Gasteiger partial charge in [0.2, 0.25) is 0 Å². The molecule has 1 fully saturated rings. The van der Waals surface area contributed by atoms with Crippen LogP contribution in [-0.2, 0) is 19.4 Å². The fraction of sp³-hybridized carbons (Fsp3) is 0.533. The standard InChI is InChI=1S/C15H20BrNO4S/c1-12-2-4-13(5-3-12)14(16)15(18)21-9-6-17-7-10-22(19,20)11-8-17/h2-5,14H,6-11H2,1H3. The van der Waals surface area contributed by atoms with E-state index in [-0.39, 0.29) is 24.1 Å². The number of nitrogens with zero attached hydrogens (tertiary/aromatic N) is 1. The van der Waals surface area contributed by atoms with E-state index in [9.17, 15) is 13.2 Å². The lowest BCUT2D eigenvalue weighted by Gasteiger charge is -2.26. The minimum Gasteiger partial charge on any atom is -0.463 e. The molecule has 0 spiro atoms. The quantitative estimate of drug-likeness (QED) is 0.566. The van der Waals surface area contributed by atoms with Crippen molar-refractivity contribution in [3.05, 3.63) is 35.4 Å². The van der Waals surface area contributed by atoms with Crippen molar-refractivity contribution in [2.24, 2.45) is 0 Å². The largest absolute Gasteiger partial charge is 0.463 e. The molecule has 1 heterocycles. The Balaban J connectivity index is 1.75. The van der Waals surface area contributed by atoms with Crippen LogP contribution in [0.1, 0.15) is 16.0 Å². The molecule has 0 radical (unpaired) electrons. The maximum atomic E-state index is 12.0. The second-order valence-corrected chi connectivity index (χ2v) is 8.65. The average molecular weight is 390 g/mol. The smallest absolute Gasteiger partial charge is 0.324 e. The van der Waals surface area contributed by atoms with Crippen LogP contribution in [0.4, 0.5) is 0 Å². The Labute approximate surface area is 139 Å². The number of esters is 1. The minimum absolute atomic E-state index is 0.186. The van der Waals surface area contributed by atoms with Crippen molar-refractivity contribution in [1.29, 1.82) is 0 Å². The van der Waals surface area contributed by atoms with Crippen LogP contribution in [0.25, 0.3) is 0 Å². The number of hydrogen-bond donors (Lipinski definition) is 0. The summed E-state index contributed by atoms with van der Waals surface area (Å²) in [4.78, 5) is 13.5. The van der Waals surface area contributed by atoms with Gasteiger partial charge in [0.05, 0.1) is 11.5 Å². The second-order valence-electron chi connectivity index (χ2n) is 5.43. The van der Waals surface area contributed by atoms with Gasteiger partial charge in [-0.15, -0.1) is 0 Å². The van der Waals surface area contributed by atoms with E-state index in [2.05, 4.69) is 15.9 Å². The van der Waals surface area contributed by atoms with Gasteiger partial charge in [0.25, 0.3) is 0 Å². The molecule has 1 unspecified atom stereocenters. The van der Waals surface area contributed by atoms with Crippen molar-refractivity contribution in [3.63, 3.8) is 0 Å². The van der Waals surface area contributed by atoms with Crippen LogP contribution >= 0.6 is 15.9 Å². The molecule has 5 nitrogen and oxygen atoms in total. The maximum Gasteiger partial charge on any atom is 0.324 e. The third kappa shape index (κ3) is 5.07. The van der Waals surface area contributed by atoms with E-state index >= 15 is 0 Å². The molecule has 22 heavy (non-hydrogen) atoms. The lowest BCUT2D eigenvalue weighted by atomic mass is 10.1. The summed E-state index contributed by atoms with van der Waals surface area (Å²) in [7, 11) is -2.87. The van der Waals surface area contributed by atoms with Crippen molar-refractivity contribution in [2.75, 3.05) is 37.7 Å². The minimum atomic E-state index is -2.87. The summed E-state index contributed by atoms with van der Waals surface area (Å²) in [5.74, 6) is 0.0463. The Morgan fingerprint density at radius 2 is 1.86 bits per heavy atom. The summed E-state index contributed by atoms with van der Waals surface area (Å²) >= 11 is 3.35. The number of benzene rings is 1. The molecule has 0 bridgehead atoms. The third-order valence-corrected chi connectivity index (χ3v) is 6.18. The number of sulfone groups is 1. The number of carbonyl (C=O) groups is 1. The Morgan fingerprint density at radius 3 is 2.45 bits per heavy atom. The molecule has 0 aromatic heterocycles. The molecule has 1 atom stereocenters. The first kappa shape index (κ1) is 17.4. The SMILES string of the molecule is Cc1ccc(C(Br)C(=O)OCCN2CCS(=O)(=O)CC2)cc1. The van der Waals surface area contributed by atoms with Crippen LogP contribution in [-0.4, -0.2) is 57.0 Å². The van der Waals surface area contributed by atoms with Gasteiger partial charge in [-0.05, 0) is 12.5 Å². The molecule has 1 aromatic rings. The molecule has 1 aromatic carbocycles. The average Bonchev–Trinajstić information content (AvgIpc) is 2.49. The van der Waals surface area contributed by atoms with Crippen molar-refractivity contribution in [1.82, 2.24) is 4.90 Å². The number of aryl methyl sites for hydroxylation is 1. The van der Waals surface area contributed by atoms with E-state index in [0.717, 1.165) is 11.1 Å². The van der Waals surface area contributed by atoms with E-state index in [4.69, 9.17) is 4.74 Å². The molecule has 1 aliphatic heterocycles. The van der Waals surface area contributed by atoms with Crippen LogP contribution < -0.4 is 0 Å². The zero-order chi connectivity index (χ0) is 16.2. The summed E-state index contributed by atoms with van der Waals surface area (Å²) in [5, 5.41) is 0. The first-order valence-electron chi connectivity index (χ1n) is 7.17. The summed E-state index contributed by atoms with van der Waals surface area (Å²) in [6.07, 6.45) is 0. The van der Waals surface area contributed by atoms with Crippen LogP contribution in [0.15, 0.2) is 24.3 Å². The molecule has 2 rings (SSSR count). The number of hydrogen-bond acceptors (Lipinski definition) is 5. The van der Waals surface area contributed by atoms with Gasteiger partial charge in [-0.1, -0.05) is 45.8 Å². The predicted octanol–water partition coefficient (Wildman–Crippen LogP) is 1.70. The molecule has 0 N–H and O–H groups in total. The van der Waals surface area contributed by atoms with Gasteiger partial charge in [0.1, 0.15) is 11.4 Å². The number of ether oxygens (including phenoxy) is 1. The predicted molar refractivity (Wildman–Crippen MR) is 88.9 cm³/mol. The molecule has 0 saturated carbocycles. The van der Waals surface area contributed by atoms with Crippen LogP contribution in [0.5, 0.6) is 0 Å². The fourth-order valence-electron chi connectivity index (χ4n) is 2.19. The van der Waals surface area contributed by atoms with Gasteiger partial charge >= 0.3 is 5.97 Å². The lowest BCUT2D eigenvalue weighted by Crippen LogP contribution is -2.42. The van der Waals surface area contributed by atoms with Crippen LogP contribution in [0.2, 0.25) is 0 Å². The summed E-state index contributed by atoms with van der Waals surface area (Å²) in [6.45, 7) is 3.84. The zero-order valence-corrected chi connectivity index (χ0v) is 14.9. The zero-order valence-electron chi connectivity index (χ0n) is 12.5. The van der Waals surface area contributed by atoms with Gasteiger partial charge in [0.15, 0.2) is 9.84 Å². The summed E-state index contributed by atoms with van der Waals surface area (Å²) < 4.78 is 27.9. The Morgan fingerprint density at radius 1 is 1.27 bits per heavy atom. The molecule has 0 aliphatic carbocycles. The van der Waals surface area contributed by atoms with Gasteiger partial charge in [-0.2, -0.15) is 0 Å². The first-order chi connectivity index (χ1) is 10.4. The Hall–Kier alpha value is -0.920. The Bertz CT molecular complexity index is 601. The van der Waals surface area contributed by atoms with Crippen molar-refractivity contribution in [2.45, 2.75) is 11.8 Å². The van der Waals surface area contributed by atoms with Crippen molar-refractivity contribution < 1.29 is 17.9 Å². The molecular weight excluding hydrogens is 370 g/mol. The molecular formula is C15H20BrNO4S. The van der Waals surface area contributed by atoms with E-state index in [0.29, 0.717) is 19.6 Å². The second kappa shape index (κ2) is 7.57. The highest BCUT2D eigenvalue weighted by molar-refractivity contribution is 9.09. The van der Waals surface area contributed by atoms with Gasteiger partial charge in [-0.3, -0.25) is 9.69 Å². The maximum absolute atomic E-state index is 12.0. The third-order valence-electron chi connectivity index (χ3n) is 3.67. The van der Waals surface area contributed by atoms with Crippen LogP contribution in [0, 0.1) is 6.92 Å². The van der Waals surface area contributed by atoms with E-state index in [1.54, 1.807) is 0 Å². The number of rotatable bonds is 5. The van der Waals surface area contributed by atoms with Crippen molar-refractivity contribution >= 4 is 31.7 Å². The Kier molecular flexibility index (Phi) is 6.00. The normalized spacial score (nSPS) is 19.5. The topological polar surface area (TPSA) is 63.7 Å².